The molecule has 0 heterocycles. The molecular weight excluding hydrogens is 192 g/mol. The van der Waals surface area contributed by atoms with E-state index in [1.54, 1.807) is 0 Å². The summed E-state index contributed by atoms with van der Waals surface area (Å²) >= 11 is 0. The molecular formula is C8H7F2N3O. The topological polar surface area (TPSA) is 69.0 Å². The predicted molar refractivity (Wildman–Crippen MR) is 45.3 cm³/mol. The quantitative estimate of drug-likeness (QED) is 0.453. The third kappa shape index (κ3) is 2.69. The summed E-state index contributed by atoms with van der Waals surface area (Å²) in [6.07, 6.45) is -1.18. The molecule has 1 rings (SSSR count). The summed E-state index contributed by atoms with van der Waals surface area (Å²) in [5.74, 6) is -1.56. The maximum absolute atomic E-state index is 12.7. The van der Waals surface area contributed by atoms with Crippen LogP contribution in [0, 0.1) is 11.6 Å². The Kier molecular flexibility index (Phi) is 3.39. The van der Waals surface area contributed by atoms with E-state index in [0.717, 1.165) is 12.1 Å². The van der Waals surface area contributed by atoms with Crippen molar-refractivity contribution in [3.05, 3.63) is 45.8 Å². The van der Waals surface area contributed by atoms with Crippen molar-refractivity contribution in [1.29, 1.82) is 0 Å². The first-order valence-electron chi connectivity index (χ1n) is 3.78. The number of rotatable bonds is 3. The zero-order chi connectivity index (χ0) is 10.6. The van der Waals surface area contributed by atoms with Crippen LogP contribution in [0.15, 0.2) is 23.3 Å². The number of aliphatic hydroxyl groups excluding tert-OH is 1. The molecule has 0 radical (unpaired) electrons. The van der Waals surface area contributed by atoms with Crippen molar-refractivity contribution < 1.29 is 13.9 Å². The van der Waals surface area contributed by atoms with Crippen LogP contribution in [0.3, 0.4) is 0 Å². The minimum atomic E-state index is -1.18. The normalized spacial score (nSPS) is 11.9. The van der Waals surface area contributed by atoms with E-state index in [1.165, 1.54) is 0 Å². The van der Waals surface area contributed by atoms with Gasteiger partial charge in [-0.05, 0) is 23.2 Å². The number of aliphatic hydroxyl groups is 1. The third-order valence-corrected chi connectivity index (χ3v) is 1.59. The lowest BCUT2D eigenvalue weighted by Gasteiger charge is -2.07. The summed E-state index contributed by atoms with van der Waals surface area (Å²) in [4.78, 5) is 2.42. The van der Waals surface area contributed by atoms with E-state index in [0.29, 0.717) is 6.07 Å². The Morgan fingerprint density at radius 1 is 1.36 bits per heavy atom. The Balaban J connectivity index is 2.88. The van der Waals surface area contributed by atoms with Crippen LogP contribution in [0.2, 0.25) is 0 Å². The van der Waals surface area contributed by atoms with Crippen molar-refractivity contribution >= 4 is 0 Å². The van der Waals surface area contributed by atoms with Crippen molar-refractivity contribution in [3.63, 3.8) is 0 Å². The second kappa shape index (κ2) is 4.55. The van der Waals surface area contributed by atoms with Gasteiger partial charge in [-0.25, -0.2) is 8.78 Å². The second-order valence-electron chi connectivity index (χ2n) is 2.63. The van der Waals surface area contributed by atoms with E-state index >= 15 is 0 Å². The van der Waals surface area contributed by atoms with Crippen LogP contribution in [-0.4, -0.2) is 11.7 Å². The first kappa shape index (κ1) is 10.4. The highest BCUT2D eigenvalue weighted by atomic mass is 19.1. The Bertz CT molecular complexity index is 357. The first-order valence-corrected chi connectivity index (χ1v) is 3.78. The van der Waals surface area contributed by atoms with Crippen LogP contribution < -0.4 is 0 Å². The van der Waals surface area contributed by atoms with Gasteiger partial charge in [-0.2, -0.15) is 0 Å². The smallest absolute Gasteiger partial charge is 0.126 e. The maximum atomic E-state index is 12.7. The fourth-order valence-electron chi connectivity index (χ4n) is 0.987. The highest BCUT2D eigenvalue weighted by Crippen LogP contribution is 2.16. The molecule has 1 aromatic rings. The molecule has 0 saturated heterocycles. The fourth-order valence-corrected chi connectivity index (χ4v) is 0.987. The third-order valence-electron chi connectivity index (χ3n) is 1.59. The molecule has 1 unspecified atom stereocenters. The average Bonchev–Trinajstić information content (AvgIpc) is 2.12. The number of nitrogens with zero attached hydrogens (tertiary/aromatic N) is 3. The second-order valence-corrected chi connectivity index (χ2v) is 2.63. The lowest BCUT2D eigenvalue weighted by atomic mass is 10.1. The van der Waals surface area contributed by atoms with Crippen LogP contribution in [0.25, 0.3) is 10.4 Å². The van der Waals surface area contributed by atoms with Crippen molar-refractivity contribution in [3.8, 4) is 0 Å². The molecule has 0 amide bonds. The summed E-state index contributed by atoms with van der Waals surface area (Å²) in [7, 11) is 0. The summed E-state index contributed by atoms with van der Waals surface area (Å²) in [6, 6.07) is 2.67. The minimum Gasteiger partial charge on any atom is -0.388 e. The Labute approximate surface area is 78.4 Å². The zero-order valence-electron chi connectivity index (χ0n) is 7.06. The number of benzene rings is 1. The largest absolute Gasteiger partial charge is 0.388 e. The maximum Gasteiger partial charge on any atom is 0.126 e. The van der Waals surface area contributed by atoms with E-state index in [1.807, 2.05) is 0 Å². The Morgan fingerprint density at radius 2 is 1.93 bits per heavy atom. The minimum absolute atomic E-state index is 0.0508. The van der Waals surface area contributed by atoms with Gasteiger partial charge < -0.3 is 5.11 Å². The molecule has 1 atom stereocenters. The van der Waals surface area contributed by atoms with E-state index in [4.69, 9.17) is 5.53 Å². The van der Waals surface area contributed by atoms with Crippen molar-refractivity contribution in [2.75, 3.05) is 6.54 Å². The summed E-state index contributed by atoms with van der Waals surface area (Å²) < 4.78 is 25.3. The lowest BCUT2D eigenvalue weighted by molar-refractivity contribution is 0.186. The molecule has 4 nitrogen and oxygen atoms in total. The molecule has 74 valence electrons. The Hall–Kier alpha value is -1.65. The summed E-state index contributed by atoms with van der Waals surface area (Å²) in [5.41, 5.74) is 8.02. The fraction of sp³-hybridized carbons (Fsp3) is 0.250. The van der Waals surface area contributed by atoms with Crippen LogP contribution in [0.4, 0.5) is 8.78 Å². The van der Waals surface area contributed by atoms with E-state index in [9.17, 15) is 13.9 Å². The number of halogens is 2. The average molecular weight is 199 g/mol. The van der Waals surface area contributed by atoms with E-state index in [2.05, 4.69) is 10.0 Å². The molecule has 0 aliphatic carbocycles. The molecule has 14 heavy (non-hydrogen) atoms. The Morgan fingerprint density at radius 3 is 2.43 bits per heavy atom. The molecule has 1 aromatic carbocycles. The number of hydrogen-bond donors (Lipinski definition) is 1. The van der Waals surface area contributed by atoms with Gasteiger partial charge in [-0.3, -0.25) is 0 Å². The molecule has 6 heteroatoms. The van der Waals surface area contributed by atoms with Gasteiger partial charge in [-0.15, -0.1) is 0 Å². The van der Waals surface area contributed by atoms with Gasteiger partial charge in [-0.1, -0.05) is 5.11 Å². The van der Waals surface area contributed by atoms with Crippen molar-refractivity contribution in [2.45, 2.75) is 6.10 Å². The van der Waals surface area contributed by atoms with E-state index in [-0.39, 0.29) is 12.1 Å². The van der Waals surface area contributed by atoms with E-state index < -0.39 is 17.7 Å². The summed E-state index contributed by atoms with van der Waals surface area (Å²) in [6.45, 7) is -0.251. The SMILES string of the molecule is [N-]=[N+]=NCC(O)c1cc(F)cc(F)c1. The lowest BCUT2D eigenvalue weighted by Crippen LogP contribution is -2.02. The molecule has 0 spiro atoms. The molecule has 0 aliphatic rings. The van der Waals surface area contributed by atoms with Gasteiger partial charge in [0.1, 0.15) is 11.6 Å². The standard InChI is InChI=1S/C8H7F2N3O/c9-6-1-5(2-7(10)3-6)8(14)4-12-13-11/h1-3,8,14H,4H2. The van der Waals surface area contributed by atoms with Gasteiger partial charge in [0.15, 0.2) is 0 Å². The molecule has 0 fully saturated rings. The van der Waals surface area contributed by atoms with Crippen molar-refractivity contribution in [1.82, 2.24) is 0 Å². The van der Waals surface area contributed by atoms with Crippen LogP contribution >= 0.6 is 0 Å². The summed E-state index contributed by atoms with van der Waals surface area (Å²) in [5, 5.41) is 12.4. The van der Waals surface area contributed by atoms with Gasteiger partial charge in [0.2, 0.25) is 0 Å². The monoisotopic (exact) mass is 199 g/mol. The first-order chi connectivity index (χ1) is 6.63. The number of hydrogen-bond acceptors (Lipinski definition) is 2. The highest BCUT2D eigenvalue weighted by Gasteiger charge is 2.09. The van der Waals surface area contributed by atoms with Gasteiger partial charge in [0, 0.05) is 11.0 Å². The molecule has 0 aliphatic heterocycles. The van der Waals surface area contributed by atoms with Crippen molar-refractivity contribution in [2.24, 2.45) is 5.11 Å². The van der Waals surface area contributed by atoms with Crippen LogP contribution in [0.5, 0.6) is 0 Å². The molecule has 0 bridgehead atoms. The van der Waals surface area contributed by atoms with Gasteiger partial charge in [0.25, 0.3) is 0 Å². The van der Waals surface area contributed by atoms with Crippen LogP contribution in [-0.2, 0) is 0 Å². The van der Waals surface area contributed by atoms with Crippen LogP contribution in [0.1, 0.15) is 11.7 Å². The predicted octanol–water partition coefficient (Wildman–Crippen LogP) is 2.31. The molecule has 0 aromatic heterocycles. The molecule has 0 saturated carbocycles. The molecule has 1 N–H and O–H groups in total. The highest BCUT2D eigenvalue weighted by molar-refractivity contribution is 5.20. The number of azide groups is 1. The van der Waals surface area contributed by atoms with Gasteiger partial charge in [0.05, 0.1) is 12.6 Å². The zero-order valence-corrected chi connectivity index (χ0v) is 7.06. The van der Waals surface area contributed by atoms with Gasteiger partial charge >= 0.3 is 0 Å².